The number of rotatable bonds is 5. The van der Waals surface area contributed by atoms with Gasteiger partial charge in [-0.1, -0.05) is 18.2 Å². The molecule has 0 fully saturated rings. The molecular weight excluding hydrogens is 218 g/mol. The minimum Gasteiger partial charge on any atom is -0.361 e. The molecule has 0 saturated heterocycles. The van der Waals surface area contributed by atoms with E-state index in [9.17, 15) is 9.59 Å². The fourth-order valence-corrected chi connectivity index (χ4v) is 1.32. The van der Waals surface area contributed by atoms with E-state index in [4.69, 9.17) is 5.53 Å². The number of benzene rings is 1. The van der Waals surface area contributed by atoms with Crippen molar-refractivity contribution in [3.8, 4) is 0 Å². The number of hydrogen-bond acceptors (Lipinski definition) is 2. The number of nitrogens with zero attached hydrogens (tertiary/aromatic N) is 3. The highest BCUT2D eigenvalue weighted by Crippen LogP contribution is 2.12. The van der Waals surface area contributed by atoms with Crippen LogP contribution in [0.1, 0.15) is 12.8 Å². The summed E-state index contributed by atoms with van der Waals surface area (Å²) in [5.74, 6) is -0.529. The average molecular weight is 231 g/mol. The Morgan fingerprint density at radius 1 is 1.29 bits per heavy atom. The van der Waals surface area contributed by atoms with Crippen molar-refractivity contribution in [2.45, 2.75) is 12.8 Å². The average Bonchev–Trinajstić information content (AvgIpc) is 2.36. The minimum absolute atomic E-state index is 0.0417. The lowest BCUT2D eigenvalue weighted by Gasteiger charge is -2.16. The molecule has 0 N–H and O–H groups in total. The van der Waals surface area contributed by atoms with Crippen molar-refractivity contribution in [3.63, 3.8) is 0 Å². The molecule has 1 amide bonds. The maximum absolute atomic E-state index is 11.7. The Labute approximate surface area is 99.3 Å². The third kappa shape index (κ3) is 4.01. The van der Waals surface area contributed by atoms with E-state index >= 15 is 0 Å². The molecule has 0 aromatic heterocycles. The molecule has 0 radical (unpaired) electrons. The van der Waals surface area contributed by atoms with Gasteiger partial charge in [-0.05, 0) is 12.1 Å². The summed E-state index contributed by atoms with van der Waals surface area (Å²) in [6.07, 6.45) is 0.937. The van der Waals surface area contributed by atoms with E-state index in [-0.39, 0.29) is 24.5 Å². The van der Waals surface area contributed by atoms with Crippen LogP contribution < -0.4 is 4.90 Å². The van der Waals surface area contributed by atoms with Crippen LogP contribution in [-0.2, 0) is 9.59 Å². The highest BCUT2D eigenvalue weighted by atomic mass is 16.2. The predicted molar refractivity (Wildman–Crippen MR) is 63.8 cm³/mol. The van der Waals surface area contributed by atoms with Crippen molar-refractivity contribution >= 4 is 23.6 Å². The summed E-state index contributed by atoms with van der Waals surface area (Å²) < 4.78 is 0. The van der Waals surface area contributed by atoms with E-state index in [0.717, 1.165) is 11.9 Å². The zero-order valence-electron chi connectivity index (χ0n) is 9.54. The van der Waals surface area contributed by atoms with Gasteiger partial charge < -0.3 is 10.4 Å². The molecule has 1 rings (SSSR count). The van der Waals surface area contributed by atoms with Crippen molar-refractivity contribution in [1.29, 1.82) is 0 Å². The Morgan fingerprint density at radius 3 is 2.53 bits per heavy atom. The molecule has 0 heterocycles. The standard InChI is InChI=1S/C12H13N3O2/c1-15(10-5-3-2-4-6-10)12(17)8-7-11(16)9-14-13/h2-6,9H,7-8H2,1H3. The lowest BCUT2D eigenvalue weighted by atomic mass is 10.2. The third-order valence-corrected chi connectivity index (χ3v) is 2.30. The molecular formula is C12H13N3O2. The van der Waals surface area contributed by atoms with Crippen LogP contribution in [0.4, 0.5) is 5.69 Å². The fraction of sp³-hybridized carbons (Fsp3) is 0.250. The number of Topliss-reactive ketones (excluding diaryl/α,β-unsaturated/α-hetero) is 1. The fourth-order valence-electron chi connectivity index (χ4n) is 1.32. The highest BCUT2D eigenvalue weighted by molar-refractivity contribution is 6.25. The molecule has 0 aliphatic heterocycles. The number of ketones is 1. The molecule has 0 aliphatic carbocycles. The molecule has 0 bridgehead atoms. The van der Waals surface area contributed by atoms with Gasteiger partial charge >= 0.3 is 6.21 Å². The van der Waals surface area contributed by atoms with E-state index in [1.165, 1.54) is 4.90 Å². The largest absolute Gasteiger partial charge is 0.361 e. The molecule has 0 saturated carbocycles. The first-order valence-corrected chi connectivity index (χ1v) is 5.17. The van der Waals surface area contributed by atoms with Gasteiger partial charge in [-0.2, -0.15) is 4.79 Å². The second kappa shape index (κ2) is 6.35. The lowest BCUT2D eigenvalue weighted by molar-refractivity contribution is -0.122. The van der Waals surface area contributed by atoms with Crippen molar-refractivity contribution in [1.82, 2.24) is 0 Å². The number of carbonyl (C=O) groups is 2. The Bertz CT molecular complexity index is 450. The maximum atomic E-state index is 11.7. The number of hydrogen-bond donors (Lipinski definition) is 0. The zero-order valence-corrected chi connectivity index (χ0v) is 9.54. The molecule has 0 atom stereocenters. The second-order valence-corrected chi connectivity index (χ2v) is 3.50. The smallest absolute Gasteiger partial charge is 0.323 e. The van der Waals surface area contributed by atoms with Gasteiger partial charge in [-0.25, -0.2) is 0 Å². The number of amides is 1. The summed E-state index contributed by atoms with van der Waals surface area (Å²) in [6.45, 7) is 0. The quantitative estimate of drug-likeness (QED) is 0.435. The molecule has 17 heavy (non-hydrogen) atoms. The van der Waals surface area contributed by atoms with Crippen LogP contribution >= 0.6 is 0 Å². The van der Waals surface area contributed by atoms with Crippen LogP contribution in [0.5, 0.6) is 0 Å². The van der Waals surface area contributed by atoms with Crippen LogP contribution in [0.2, 0.25) is 0 Å². The van der Waals surface area contributed by atoms with Crippen LogP contribution in [-0.4, -0.2) is 29.7 Å². The predicted octanol–water partition coefficient (Wildman–Crippen LogP) is 1.30. The Kier molecular flexibility index (Phi) is 4.78. The van der Waals surface area contributed by atoms with Gasteiger partial charge in [0.1, 0.15) is 0 Å². The summed E-state index contributed by atoms with van der Waals surface area (Å²) in [7, 11) is 1.66. The molecule has 88 valence electrons. The van der Waals surface area contributed by atoms with Gasteiger partial charge in [-0.3, -0.25) is 9.59 Å². The van der Waals surface area contributed by atoms with E-state index in [0.29, 0.717) is 0 Å². The van der Waals surface area contributed by atoms with E-state index in [2.05, 4.69) is 4.79 Å². The topological polar surface area (TPSA) is 73.8 Å². The summed E-state index contributed by atoms with van der Waals surface area (Å²) >= 11 is 0. The monoisotopic (exact) mass is 231 g/mol. The molecule has 5 nitrogen and oxygen atoms in total. The summed E-state index contributed by atoms with van der Waals surface area (Å²) in [4.78, 5) is 26.9. The van der Waals surface area contributed by atoms with Gasteiger partial charge in [0.2, 0.25) is 11.7 Å². The number of para-hydroxylation sites is 1. The molecule has 0 aliphatic rings. The molecule has 0 unspecified atom stereocenters. The lowest BCUT2D eigenvalue weighted by Crippen LogP contribution is -2.26. The molecule has 5 heteroatoms. The van der Waals surface area contributed by atoms with E-state index in [1.54, 1.807) is 7.05 Å². The van der Waals surface area contributed by atoms with Crippen LogP contribution in [0.3, 0.4) is 0 Å². The van der Waals surface area contributed by atoms with Gasteiger partial charge in [0.25, 0.3) is 0 Å². The van der Waals surface area contributed by atoms with Crippen LogP contribution in [0.25, 0.3) is 5.53 Å². The Hall–Kier alpha value is -2.26. The summed E-state index contributed by atoms with van der Waals surface area (Å²) in [5, 5.41) is 0. The van der Waals surface area contributed by atoms with Gasteiger partial charge in [0.05, 0.1) is 0 Å². The van der Waals surface area contributed by atoms with Crippen molar-refractivity contribution in [2.24, 2.45) is 0 Å². The van der Waals surface area contributed by atoms with Crippen LogP contribution in [0.15, 0.2) is 30.3 Å². The number of carbonyl (C=O) groups excluding carboxylic acids is 2. The van der Waals surface area contributed by atoms with Gasteiger partial charge in [0.15, 0.2) is 0 Å². The highest BCUT2D eigenvalue weighted by Gasteiger charge is 2.13. The number of anilines is 1. The van der Waals surface area contributed by atoms with Crippen molar-refractivity contribution in [3.05, 3.63) is 35.9 Å². The van der Waals surface area contributed by atoms with Gasteiger partial charge in [0, 0.05) is 25.6 Å². The zero-order chi connectivity index (χ0) is 12.7. The molecule has 0 spiro atoms. The first-order valence-electron chi connectivity index (χ1n) is 5.17. The Balaban J connectivity index is 2.54. The van der Waals surface area contributed by atoms with E-state index in [1.807, 2.05) is 30.3 Å². The van der Waals surface area contributed by atoms with Crippen molar-refractivity contribution < 1.29 is 14.4 Å². The second-order valence-electron chi connectivity index (χ2n) is 3.50. The molecule has 1 aromatic carbocycles. The summed E-state index contributed by atoms with van der Waals surface area (Å²) in [5.41, 5.74) is 8.92. The Morgan fingerprint density at radius 2 is 1.94 bits per heavy atom. The van der Waals surface area contributed by atoms with Crippen molar-refractivity contribution in [2.75, 3.05) is 11.9 Å². The SMILES string of the molecule is CN(C(=O)CCC(=O)C=[N+]=[N-])c1ccccc1. The van der Waals surface area contributed by atoms with E-state index < -0.39 is 0 Å². The summed E-state index contributed by atoms with van der Waals surface area (Å²) in [6, 6.07) is 9.16. The van der Waals surface area contributed by atoms with Crippen LogP contribution in [0, 0.1) is 0 Å². The minimum atomic E-state index is -0.373. The molecule has 1 aromatic rings. The maximum Gasteiger partial charge on any atom is 0.323 e. The first-order chi connectivity index (χ1) is 8.15. The van der Waals surface area contributed by atoms with Gasteiger partial charge in [-0.15, -0.1) is 0 Å². The normalized spacial score (nSPS) is 9.24. The first kappa shape index (κ1) is 12.8. The third-order valence-electron chi connectivity index (χ3n) is 2.30.